The summed E-state index contributed by atoms with van der Waals surface area (Å²) in [6.07, 6.45) is 0.919. The predicted molar refractivity (Wildman–Crippen MR) is 132 cm³/mol. The lowest BCUT2D eigenvalue weighted by molar-refractivity contribution is 0.0939. The molecule has 2 rings (SSSR count). The van der Waals surface area contributed by atoms with Gasteiger partial charge < -0.3 is 16.0 Å². The number of benzene rings is 2. The van der Waals surface area contributed by atoms with Crippen molar-refractivity contribution in [1.82, 2.24) is 16.0 Å². The first-order valence-electron chi connectivity index (χ1n) is 9.83. The molecule has 0 bridgehead atoms. The predicted octanol–water partition coefficient (Wildman–Crippen LogP) is 4.31. The molecule has 0 heterocycles. The van der Waals surface area contributed by atoms with Crippen LogP contribution in [0.5, 0.6) is 0 Å². The topological polar surface area (TPSA) is 65.5 Å². The molecule has 0 aliphatic carbocycles. The molecule has 0 spiro atoms. The quantitative estimate of drug-likeness (QED) is 0.297. The normalized spacial score (nSPS) is 12.0. The van der Waals surface area contributed by atoms with Crippen LogP contribution in [0.3, 0.4) is 0 Å². The number of nitrogens with one attached hydrogen (secondary N) is 3. The van der Waals surface area contributed by atoms with Crippen LogP contribution in [-0.2, 0) is 13.1 Å². The van der Waals surface area contributed by atoms with Gasteiger partial charge in [-0.05, 0) is 56.0 Å². The zero-order valence-electron chi connectivity index (χ0n) is 18.0. The van der Waals surface area contributed by atoms with Crippen LogP contribution in [0, 0.1) is 13.8 Å². The molecule has 0 saturated heterocycles. The van der Waals surface area contributed by atoms with Crippen LogP contribution in [0.1, 0.15) is 52.9 Å². The van der Waals surface area contributed by atoms with Gasteiger partial charge in [-0.25, -0.2) is 0 Å². The molecule has 2 aromatic carbocycles. The summed E-state index contributed by atoms with van der Waals surface area (Å²) >= 11 is 0. The van der Waals surface area contributed by atoms with Crippen molar-refractivity contribution < 1.29 is 4.79 Å². The first kappa shape index (κ1) is 24.9. The van der Waals surface area contributed by atoms with Gasteiger partial charge in [0.2, 0.25) is 0 Å². The summed E-state index contributed by atoms with van der Waals surface area (Å²) in [7, 11) is 1.76. The summed E-state index contributed by atoms with van der Waals surface area (Å²) in [4.78, 5) is 16.4. The summed E-state index contributed by atoms with van der Waals surface area (Å²) < 4.78 is 0. The number of hydrogen-bond donors (Lipinski definition) is 3. The first-order chi connectivity index (χ1) is 13.4. The van der Waals surface area contributed by atoms with Gasteiger partial charge in [-0.2, -0.15) is 0 Å². The Kier molecular flexibility index (Phi) is 10.7. The molecule has 1 amide bonds. The molecule has 0 saturated carbocycles. The van der Waals surface area contributed by atoms with E-state index in [1.54, 1.807) is 7.05 Å². The van der Waals surface area contributed by atoms with E-state index >= 15 is 0 Å². The summed E-state index contributed by atoms with van der Waals surface area (Å²) in [6.45, 7) is 9.65. The Hall–Kier alpha value is -2.09. The maximum atomic E-state index is 12.2. The number of aliphatic imine (C=N–C) groups is 1. The van der Waals surface area contributed by atoms with Crippen LogP contribution in [0.2, 0.25) is 0 Å². The van der Waals surface area contributed by atoms with Crippen molar-refractivity contribution >= 4 is 35.8 Å². The van der Waals surface area contributed by atoms with Gasteiger partial charge in [0, 0.05) is 31.7 Å². The van der Waals surface area contributed by atoms with E-state index in [0.29, 0.717) is 12.1 Å². The molecule has 0 aliphatic heterocycles. The zero-order chi connectivity index (χ0) is 20.5. The molecule has 0 aromatic heterocycles. The standard InChI is InChI=1S/C23H32N4O.HI/c1-6-18(4)27-22(28)20-11-8-19(9-12-20)14-25-23(24-5)26-15-21-10-7-16(2)13-17(21)3;/h7-13,18H,6,14-15H2,1-5H3,(H,27,28)(H2,24,25,26);1H. The van der Waals surface area contributed by atoms with E-state index in [4.69, 9.17) is 0 Å². The van der Waals surface area contributed by atoms with Crippen LogP contribution in [-0.4, -0.2) is 25.0 Å². The number of halogens is 1. The van der Waals surface area contributed by atoms with Gasteiger partial charge in [0.15, 0.2) is 5.96 Å². The Morgan fingerprint density at radius 3 is 2.28 bits per heavy atom. The van der Waals surface area contributed by atoms with E-state index in [1.165, 1.54) is 16.7 Å². The highest BCUT2D eigenvalue weighted by Crippen LogP contribution is 2.10. The Balaban J connectivity index is 0.00000420. The second-order valence-electron chi connectivity index (χ2n) is 7.19. The fraction of sp³-hybridized carbons (Fsp3) is 0.391. The second-order valence-corrected chi connectivity index (χ2v) is 7.19. The Labute approximate surface area is 191 Å². The molecule has 2 aromatic rings. The van der Waals surface area contributed by atoms with Crippen LogP contribution >= 0.6 is 24.0 Å². The minimum absolute atomic E-state index is 0. The molecule has 5 nitrogen and oxygen atoms in total. The number of guanidine groups is 1. The molecule has 3 N–H and O–H groups in total. The van der Waals surface area contributed by atoms with Gasteiger partial charge >= 0.3 is 0 Å². The fourth-order valence-electron chi connectivity index (χ4n) is 2.81. The lowest BCUT2D eigenvalue weighted by Crippen LogP contribution is -2.36. The minimum atomic E-state index is -0.0280. The molecule has 0 fully saturated rings. The molecule has 0 radical (unpaired) electrons. The maximum absolute atomic E-state index is 12.2. The molecule has 1 unspecified atom stereocenters. The van der Waals surface area contributed by atoms with Crippen molar-refractivity contribution in [2.45, 2.75) is 53.2 Å². The van der Waals surface area contributed by atoms with Crippen molar-refractivity contribution in [3.63, 3.8) is 0 Å². The first-order valence-corrected chi connectivity index (χ1v) is 9.83. The second kappa shape index (κ2) is 12.5. The van der Waals surface area contributed by atoms with Crippen LogP contribution in [0.15, 0.2) is 47.5 Å². The van der Waals surface area contributed by atoms with Gasteiger partial charge in [-0.1, -0.05) is 42.8 Å². The number of carbonyl (C=O) groups excluding carboxylic acids is 1. The summed E-state index contributed by atoms with van der Waals surface area (Å²) in [5.41, 5.74) is 5.57. The van der Waals surface area contributed by atoms with Crippen LogP contribution in [0.25, 0.3) is 0 Å². The number of rotatable bonds is 7. The third-order valence-corrected chi connectivity index (χ3v) is 4.83. The average molecular weight is 508 g/mol. The Morgan fingerprint density at radius 2 is 1.69 bits per heavy atom. The molecule has 0 aliphatic rings. The number of carbonyl (C=O) groups is 1. The number of hydrogen-bond acceptors (Lipinski definition) is 2. The van der Waals surface area contributed by atoms with E-state index in [9.17, 15) is 4.79 Å². The van der Waals surface area contributed by atoms with Crippen molar-refractivity contribution in [3.05, 3.63) is 70.3 Å². The third kappa shape index (κ3) is 8.04. The highest BCUT2D eigenvalue weighted by atomic mass is 127. The number of amides is 1. The average Bonchev–Trinajstić information content (AvgIpc) is 2.69. The van der Waals surface area contributed by atoms with Crippen molar-refractivity contribution in [1.29, 1.82) is 0 Å². The van der Waals surface area contributed by atoms with Crippen molar-refractivity contribution in [2.75, 3.05) is 7.05 Å². The number of nitrogens with zero attached hydrogens (tertiary/aromatic N) is 1. The lowest BCUT2D eigenvalue weighted by atomic mass is 10.1. The highest BCUT2D eigenvalue weighted by Gasteiger charge is 2.08. The Bertz CT molecular complexity index is 818. The van der Waals surface area contributed by atoms with Gasteiger partial charge in [-0.15, -0.1) is 24.0 Å². The van der Waals surface area contributed by atoms with E-state index in [-0.39, 0.29) is 35.9 Å². The molecule has 158 valence electrons. The summed E-state index contributed by atoms with van der Waals surface area (Å²) in [5, 5.41) is 9.65. The Morgan fingerprint density at radius 1 is 1.03 bits per heavy atom. The maximum Gasteiger partial charge on any atom is 0.251 e. The molecule has 29 heavy (non-hydrogen) atoms. The molecule has 6 heteroatoms. The smallest absolute Gasteiger partial charge is 0.251 e. The van der Waals surface area contributed by atoms with Gasteiger partial charge in [0.05, 0.1) is 0 Å². The largest absolute Gasteiger partial charge is 0.352 e. The van der Waals surface area contributed by atoms with Gasteiger partial charge in [-0.3, -0.25) is 9.79 Å². The molecule has 1 atom stereocenters. The van der Waals surface area contributed by atoms with Crippen molar-refractivity contribution in [2.24, 2.45) is 4.99 Å². The summed E-state index contributed by atoms with van der Waals surface area (Å²) in [6, 6.07) is 14.3. The van der Waals surface area contributed by atoms with Gasteiger partial charge in [0.25, 0.3) is 5.91 Å². The monoisotopic (exact) mass is 508 g/mol. The number of aryl methyl sites for hydroxylation is 2. The van der Waals surface area contributed by atoms with Gasteiger partial charge in [0.1, 0.15) is 0 Å². The van der Waals surface area contributed by atoms with E-state index in [0.717, 1.165) is 24.5 Å². The van der Waals surface area contributed by atoms with Crippen LogP contribution in [0.4, 0.5) is 0 Å². The van der Waals surface area contributed by atoms with Crippen molar-refractivity contribution in [3.8, 4) is 0 Å². The zero-order valence-corrected chi connectivity index (χ0v) is 20.3. The fourth-order valence-corrected chi connectivity index (χ4v) is 2.81. The highest BCUT2D eigenvalue weighted by molar-refractivity contribution is 14.0. The summed E-state index contributed by atoms with van der Waals surface area (Å²) in [5.74, 6) is 0.721. The van der Waals surface area contributed by atoms with Crippen LogP contribution < -0.4 is 16.0 Å². The van der Waals surface area contributed by atoms with E-state index in [1.807, 2.05) is 31.2 Å². The molecular formula is C23H33IN4O. The molecular weight excluding hydrogens is 475 g/mol. The lowest BCUT2D eigenvalue weighted by Gasteiger charge is -2.14. The van der Waals surface area contributed by atoms with E-state index in [2.05, 4.69) is 59.9 Å². The SMILES string of the molecule is CCC(C)NC(=O)c1ccc(CNC(=NC)NCc2ccc(C)cc2C)cc1.I. The minimum Gasteiger partial charge on any atom is -0.352 e. The third-order valence-electron chi connectivity index (χ3n) is 4.83. The van der Waals surface area contributed by atoms with E-state index < -0.39 is 0 Å².